The second kappa shape index (κ2) is 8.06. The van der Waals surface area contributed by atoms with Crippen LogP contribution in [0.5, 0.6) is 5.75 Å². The van der Waals surface area contributed by atoms with Gasteiger partial charge in [-0.1, -0.05) is 30.0 Å². The molecular weight excluding hydrogens is 380 g/mol. The van der Waals surface area contributed by atoms with E-state index in [0.717, 1.165) is 38.9 Å². The van der Waals surface area contributed by atoms with Crippen molar-refractivity contribution in [2.24, 2.45) is 0 Å². The second-order valence-electron chi connectivity index (χ2n) is 6.21. The first-order valence-electron chi connectivity index (χ1n) is 8.54. The van der Waals surface area contributed by atoms with Gasteiger partial charge < -0.3 is 10.1 Å². The third-order valence-corrected chi connectivity index (χ3v) is 6.29. The predicted molar refractivity (Wildman–Crippen MR) is 106 cm³/mol. The number of rotatable bonds is 6. The number of hydrogen-bond donors (Lipinski definition) is 1. The maximum atomic E-state index is 12.1. The first kappa shape index (κ1) is 17.9. The first-order valence-corrected chi connectivity index (χ1v) is 10.4. The van der Waals surface area contributed by atoms with Gasteiger partial charge in [0.05, 0.1) is 12.3 Å². The summed E-state index contributed by atoms with van der Waals surface area (Å²) in [6, 6.07) is 6.08. The molecule has 0 bridgehead atoms. The van der Waals surface area contributed by atoms with Gasteiger partial charge in [-0.25, -0.2) is 15.0 Å². The zero-order valence-electron chi connectivity index (χ0n) is 14.7. The van der Waals surface area contributed by atoms with Gasteiger partial charge >= 0.3 is 0 Å². The molecule has 27 heavy (non-hydrogen) atoms. The van der Waals surface area contributed by atoms with Crippen molar-refractivity contribution in [3.8, 4) is 16.9 Å². The number of aromatic nitrogens is 3. The van der Waals surface area contributed by atoms with Crippen LogP contribution in [-0.2, 0) is 11.2 Å². The van der Waals surface area contributed by atoms with Crippen molar-refractivity contribution >= 4 is 29.0 Å². The van der Waals surface area contributed by atoms with Crippen LogP contribution < -0.4 is 10.1 Å². The van der Waals surface area contributed by atoms with Gasteiger partial charge in [-0.15, -0.1) is 11.3 Å². The molecule has 0 aliphatic carbocycles. The van der Waals surface area contributed by atoms with Gasteiger partial charge in [0.2, 0.25) is 5.91 Å². The number of thioether (sulfide) groups is 1. The molecule has 1 aliphatic heterocycles. The lowest BCUT2D eigenvalue weighted by atomic mass is 10.0. The number of ether oxygens (including phenoxy) is 1. The summed E-state index contributed by atoms with van der Waals surface area (Å²) < 4.78 is 7.04. The molecule has 2 aromatic heterocycles. The van der Waals surface area contributed by atoms with Gasteiger partial charge in [0.25, 0.3) is 0 Å². The van der Waals surface area contributed by atoms with E-state index in [-0.39, 0.29) is 12.0 Å². The van der Waals surface area contributed by atoms with Gasteiger partial charge in [-0.2, -0.15) is 0 Å². The van der Waals surface area contributed by atoms with E-state index in [0.29, 0.717) is 12.3 Å². The van der Waals surface area contributed by atoms with Crippen molar-refractivity contribution in [2.45, 2.75) is 23.8 Å². The van der Waals surface area contributed by atoms with E-state index in [1.54, 1.807) is 23.7 Å². The van der Waals surface area contributed by atoms with E-state index in [1.165, 1.54) is 18.1 Å². The van der Waals surface area contributed by atoms with Gasteiger partial charge in [0, 0.05) is 41.0 Å². The normalized spacial score (nSPS) is 15.2. The van der Waals surface area contributed by atoms with Crippen LogP contribution in [0.25, 0.3) is 11.1 Å². The van der Waals surface area contributed by atoms with E-state index in [9.17, 15) is 4.79 Å². The Morgan fingerprint density at radius 2 is 2.22 bits per heavy atom. The molecule has 0 saturated heterocycles. The molecule has 1 amide bonds. The Morgan fingerprint density at radius 3 is 3.00 bits per heavy atom. The highest BCUT2D eigenvalue weighted by Crippen LogP contribution is 2.38. The lowest BCUT2D eigenvalue weighted by molar-refractivity contribution is -0.118. The molecule has 1 atom stereocenters. The zero-order valence-corrected chi connectivity index (χ0v) is 16.3. The number of fused-ring (bicyclic) bond motifs is 1. The smallest absolute Gasteiger partial charge is 0.230 e. The molecule has 8 heteroatoms. The Kier molecular flexibility index (Phi) is 5.35. The lowest BCUT2D eigenvalue weighted by Gasteiger charge is -2.13. The summed E-state index contributed by atoms with van der Waals surface area (Å²) in [5.41, 5.74) is 4.04. The third-order valence-electron chi connectivity index (χ3n) is 4.15. The molecule has 4 rings (SSSR count). The number of thiazole rings is 1. The summed E-state index contributed by atoms with van der Waals surface area (Å²) in [6.07, 6.45) is 5.77. The zero-order chi connectivity index (χ0) is 18.6. The molecule has 0 saturated carbocycles. The van der Waals surface area contributed by atoms with Gasteiger partial charge in [0.15, 0.2) is 4.34 Å². The maximum Gasteiger partial charge on any atom is 0.230 e. The number of para-hydroxylation sites is 1. The summed E-state index contributed by atoms with van der Waals surface area (Å²) in [5, 5.41) is 4.95. The van der Waals surface area contributed by atoms with E-state index >= 15 is 0 Å². The highest BCUT2D eigenvalue weighted by molar-refractivity contribution is 8.01. The number of aryl methyl sites for hydroxylation is 1. The molecule has 1 aromatic carbocycles. The van der Waals surface area contributed by atoms with Crippen LogP contribution >= 0.6 is 23.1 Å². The number of amides is 1. The average molecular weight is 399 g/mol. The number of carbonyl (C=O) groups is 1. The van der Waals surface area contributed by atoms with Gasteiger partial charge in [0.1, 0.15) is 18.2 Å². The monoisotopic (exact) mass is 398 g/mol. The van der Waals surface area contributed by atoms with Crippen LogP contribution in [0, 0.1) is 6.92 Å². The molecule has 0 fully saturated rings. The minimum atomic E-state index is -0.0677. The largest absolute Gasteiger partial charge is 0.487 e. The Labute approximate surface area is 165 Å². The highest BCUT2D eigenvalue weighted by Gasteiger charge is 2.26. The molecule has 138 valence electrons. The topological polar surface area (TPSA) is 77.0 Å². The van der Waals surface area contributed by atoms with Crippen LogP contribution in [-0.4, -0.2) is 39.3 Å². The molecule has 1 aliphatic rings. The first-order chi connectivity index (χ1) is 13.2. The fraction of sp³-hybridized carbons (Fsp3) is 0.263. The lowest BCUT2D eigenvalue weighted by Crippen LogP contribution is -2.35. The Bertz CT molecular complexity index is 946. The van der Waals surface area contributed by atoms with Crippen LogP contribution in [0.1, 0.15) is 11.3 Å². The van der Waals surface area contributed by atoms with Crippen molar-refractivity contribution in [3.63, 3.8) is 0 Å². The predicted octanol–water partition coefficient (Wildman–Crippen LogP) is 3.12. The molecule has 1 N–H and O–H groups in total. The SMILES string of the molecule is Cc1csc(SCC(=O)NCC2Cc3cccc(-c4cncnc4)c3O2)n1. The summed E-state index contributed by atoms with van der Waals surface area (Å²) in [6.45, 7) is 2.43. The molecule has 0 radical (unpaired) electrons. The summed E-state index contributed by atoms with van der Waals surface area (Å²) in [4.78, 5) is 24.6. The van der Waals surface area contributed by atoms with Crippen LogP contribution in [0.4, 0.5) is 0 Å². The van der Waals surface area contributed by atoms with Crippen LogP contribution in [0.3, 0.4) is 0 Å². The van der Waals surface area contributed by atoms with E-state index in [4.69, 9.17) is 4.74 Å². The Morgan fingerprint density at radius 1 is 1.37 bits per heavy atom. The minimum Gasteiger partial charge on any atom is -0.487 e. The van der Waals surface area contributed by atoms with Crippen molar-refractivity contribution in [2.75, 3.05) is 12.3 Å². The number of nitrogens with one attached hydrogen (secondary N) is 1. The maximum absolute atomic E-state index is 12.1. The Balaban J connectivity index is 1.33. The summed E-state index contributed by atoms with van der Waals surface area (Å²) >= 11 is 3.02. The van der Waals surface area contributed by atoms with Crippen LogP contribution in [0.15, 0.2) is 46.6 Å². The number of benzene rings is 1. The van der Waals surface area contributed by atoms with Crippen LogP contribution in [0.2, 0.25) is 0 Å². The van der Waals surface area contributed by atoms with Crippen molar-refractivity contribution in [3.05, 3.63) is 53.6 Å². The second-order valence-corrected chi connectivity index (χ2v) is 8.29. The standard InChI is InChI=1S/C19H18N4O2S2/c1-12-9-26-19(23-12)27-10-17(24)22-8-15-5-13-3-2-4-16(18(13)25-15)14-6-20-11-21-7-14/h2-4,6-7,9,11,15H,5,8,10H2,1H3,(H,22,24). The number of hydrogen-bond acceptors (Lipinski definition) is 7. The van der Waals surface area contributed by atoms with E-state index in [2.05, 4.69) is 26.3 Å². The average Bonchev–Trinajstić information content (AvgIpc) is 3.30. The number of carbonyl (C=O) groups excluding carboxylic acids is 1. The van der Waals surface area contributed by atoms with Gasteiger partial charge in [-0.05, 0) is 12.5 Å². The van der Waals surface area contributed by atoms with Gasteiger partial charge in [-0.3, -0.25) is 4.79 Å². The van der Waals surface area contributed by atoms with E-state index in [1.807, 2.05) is 24.4 Å². The molecule has 1 unspecified atom stereocenters. The molecular formula is C19H18N4O2S2. The summed E-state index contributed by atoms with van der Waals surface area (Å²) in [7, 11) is 0. The minimum absolute atomic E-state index is 0.0101. The third kappa shape index (κ3) is 4.28. The van der Waals surface area contributed by atoms with Crippen molar-refractivity contribution in [1.29, 1.82) is 0 Å². The van der Waals surface area contributed by atoms with Crippen molar-refractivity contribution < 1.29 is 9.53 Å². The number of nitrogens with zero attached hydrogens (tertiary/aromatic N) is 3. The summed E-state index contributed by atoms with van der Waals surface area (Å²) in [5.74, 6) is 1.21. The Hall–Kier alpha value is -2.45. The molecule has 3 aromatic rings. The quantitative estimate of drug-likeness (QED) is 0.643. The van der Waals surface area contributed by atoms with Crippen molar-refractivity contribution in [1.82, 2.24) is 20.3 Å². The molecule has 0 spiro atoms. The highest BCUT2D eigenvalue weighted by atomic mass is 32.2. The fourth-order valence-electron chi connectivity index (χ4n) is 2.92. The molecule has 6 nitrogen and oxygen atoms in total. The fourth-order valence-corrected chi connectivity index (χ4v) is 4.60. The molecule has 3 heterocycles. The van der Waals surface area contributed by atoms with E-state index < -0.39 is 0 Å².